The van der Waals surface area contributed by atoms with Crippen LogP contribution in [0.5, 0.6) is 0 Å². The first-order chi connectivity index (χ1) is 15.2. The van der Waals surface area contributed by atoms with E-state index in [0.29, 0.717) is 12.3 Å². The Labute approximate surface area is 194 Å². The zero-order valence-corrected chi connectivity index (χ0v) is 19.1. The molecule has 1 amide bonds. The van der Waals surface area contributed by atoms with E-state index in [1.165, 1.54) is 0 Å². The van der Waals surface area contributed by atoms with Crippen molar-refractivity contribution in [1.29, 1.82) is 0 Å². The maximum atomic E-state index is 12.8. The van der Waals surface area contributed by atoms with Gasteiger partial charge in [-0.15, -0.1) is 11.8 Å². The number of nitrogens with zero attached hydrogens (tertiary/aromatic N) is 3. The molecule has 1 saturated heterocycles. The molecule has 6 heteroatoms. The molecular formula is C25H20BrN3OS. The molecule has 154 valence electrons. The molecule has 0 N–H and O–H groups in total. The molecule has 2 heterocycles. The van der Waals surface area contributed by atoms with Crippen LogP contribution in [0.3, 0.4) is 0 Å². The van der Waals surface area contributed by atoms with Crippen LogP contribution in [0, 0.1) is 0 Å². The number of thioether (sulfide) groups is 1. The van der Waals surface area contributed by atoms with Crippen LogP contribution < -0.4 is 0 Å². The lowest BCUT2D eigenvalue weighted by molar-refractivity contribution is -0.128. The number of halogens is 1. The van der Waals surface area contributed by atoms with Crippen molar-refractivity contribution >= 4 is 33.6 Å². The number of hydrogen-bond donors (Lipinski definition) is 0. The van der Waals surface area contributed by atoms with Gasteiger partial charge in [0.2, 0.25) is 5.91 Å². The van der Waals surface area contributed by atoms with Crippen molar-refractivity contribution in [2.24, 2.45) is 0 Å². The summed E-state index contributed by atoms with van der Waals surface area (Å²) in [6.45, 7) is 0.591. The van der Waals surface area contributed by atoms with Gasteiger partial charge < -0.3 is 4.90 Å². The van der Waals surface area contributed by atoms with Crippen LogP contribution in [0.2, 0.25) is 0 Å². The monoisotopic (exact) mass is 489 g/mol. The fourth-order valence-electron chi connectivity index (χ4n) is 3.78. The summed E-state index contributed by atoms with van der Waals surface area (Å²) in [6, 6.07) is 28.4. The fraction of sp³-hybridized carbons (Fsp3) is 0.120. The minimum atomic E-state index is -0.0798. The third kappa shape index (κ3) is 4.18. The molecule has 0 aliphatic carbocycles. The fourth-order valence-corrected chi connectivity index (χ4v) is 5.23. The van der Waals surface area contributed by atoms with E-state index in [4.69, 9.17) is 5.10 Å². The second-order valence-electron chi connectivity index (χ2n) is 7.39. The number of benzene rings is 3. The van der Waals surface area contributed by atoms with Crippen LogP contribution in [-0.4, -0.2) is 26.3 Å². The van der Waals surface area contributed by atoms with Gasteiger partial charge in [-0.1, -0.05) is 76.6 Å². The summed E-state index contributed by atoms with van der Waals surface area (Å²) in [6.07, 6.45) is 2.07. The molecule has 31 heavy (non-hydrogen) atoms. The number of hydrogen-bond acceptors (Lipinski definition) is 3. The van der Waals surface area contributed by atoms with Gasteiger partial charge in [0, 0.05) is 28.3 Å². The zero-order chi connectivity index (χ0) is 21.2. The van der Waals surface area contributed by atoms with Crippen molar-refractivity contribution in [1.82, 2.24) is 14.7 Å². The van der Waals surface area contributed by atoms with E-state index in [-0.39, 0.29) is 11.3 Å². The minimum Gasteiger partial charge on any atom is -0.321 e. The molecule has 0 spiro atoms. The highest BCUT2D eigenvalue weighted by molar-refractivity contribution is 9.10. The number of aromatic nitrogens is 2. The van der Waals surface area contributed by atoms with Crippen LogP contribution in [0.1, 0.15) is 16.5 Å². The van der Waals surface area contributed by atoms with Gasteiger partial charge in [0.15, 0.2) is 0 Å². The maximum absolute atomic E-state index is 12.8. The van der Waals surface area contributed by atoms with Gasteiger partial charge in [-0.3, -0.25) is 4.79 Å². The van der Waals surface area contributed by atoms with E-state index in [1.807, 2.05) is 70.2 Å². The summed E-state index contributed by atoms with van der Waals surface area (Å²) in [5.41, 5.74) is 5.12. The third-order valence-electron chi connectivity index (χ3n) is 5.31. The summed E-state index contributed by atoms with van der Waals surface area (Å²) in [5, 5.41) is 4.86. The number of rotatable bonds is 5. The molecule has 5 rings (SSSR count). The minimum absolute atomic E-state index is 0.0798. The molecule has 4 aromatic rings. The average molecular weight is 490 g/mol. The van der Waals surface area contributed by atoms with Crippen molar-refractivity contribution in [2.45, 2.75) is 11.9 Å². The Morgan fingerprint density at radius 2 is 1.61 bits per heavy atom. The SMILES string of the molecule is O=C1CSC(c2cn(-c3ccccc3)nc2-c2ccc(Br)cc2)N1Cc1ccccc1. The van der Waals surface area contributed by atoms with Gasteiger partial charge in [-0.05, 0) is 29.8 Å². The number of carbonyl (C=O) groups is 1. The highest BCUT2D eigenvalue weighted by atomic mass is 79.9. The van der Waals surface area contributed by atoms with Gasteiger partial charge in [0.1, 0.15) is 5.37 Å². The summed E-state index contributed by atoms with van der Waals surface area (Å²) < 4.78 is 2.94. The van der Waals surface area contributed by atoms with Crippen molar-refractivity contribution < 1.29 is 4.79 Å². The molecular weight excluding hydrogens is 470 g/mol. The summed E-state index contributed by atoms with van der Waals surface area (Å²) >= 11 is 5.18. The Hall–Kier alpha value is -2.83. The van der Waals surface area contributed by atoms with Gasteiger partial charge in [-0.25, -0.2) is 4.68 Å². The molecule has 1 aliphatic rings. The van der Waals surface area contributed by atoms with Gasteiger partial charge in [0.25, 0.3) is 0 Å². The first-order valence-electron chi connectivity index (χ1n) is 10.0. The van der Waals surface area contributed by atoms with Crippen molar-refractivity contribution in [2.75, 3.05) is 5.75 Å². The molecule has 1 unspecified atom stereocenters. The quantitative estimate of drug-likeness (QED) is 0.341. The second kappa shape index (κ2) is 8.73. The Kier molecular flexibility index (Phi) is 5.66. The normalized spacial score (nSPS) is 16.1. The summed E-state index contributed by atoms with van der Waals surface area (Å²) in [7, 11) is 0. The average Bonchev–Trinajstić information content (AvgIpc) is 3.40. The predicted octanol–water partition coefficient (Wildman–Crippen LogP) is 6.08. The van der Waals surface area contributed by atoms with E-state index in [1.54, 1.807) is 11.8 Å². The summed E-state index contributed by atoms with van der Waals surface area (Å²) in [5.74, 6) is 0.640. The number of carbonyl (C=O) groups excluding carboxylic acids is 1. The van der Waals surface area contributed by atoms with Crippen LogP contribution in [-0.2, 0) is 11.3 Å². The van der Waals surface area contributed by atoms with Gasteiger partial charge in [-0.2, -0.15) is 5.10 Å². The molecule has 0 saturated carbocycles. The lowest BCUT2D eigenvalue weighted by Crippen LogP contribution is -2.27. The van der Waals surface area contributed by atoms with Crippen molar-refractivity contribution in [3.05, 3.63) is 107 Å². The van der Waals surface area contributed by atoms with E-state index < -0.39 is 0 Å². The van der Waals surface area contributed by atoms with Crippen LogP contribution >= 0.6 is 27.7 Å². The van der Waals surface area contributed by atoms with E-state index in [9.17, 15) is 4.79 Å². The van der Waals surface area contributed by atoms with Crippen molar-refractivity contribution in [3.8, 4) is 16.9 Å². The molecule has 1 aliphatic heterocycles. The molecule has 0 radical (unpaired) electrons. The van der Waals surface area contributed by atoms with E-state index >= 15 is 0 Å². The van der Waals surface area contributed by atoms with E-state index in [2.05, 4.69) is 46.4 Å². The number of para-hydroxylation sites is 1. The lowest BCUT2D eigenvalue weighted by Gasteiger charge is -2.24. The maximum Gasteiger partial charge on any atom is 0.234 e. The molecule has 1 aromatic heterocycles. The Morgan fingerprint density at radius 1 is 0.935 bits per heavy atom. The molecule has 0 bridgehead atoms. The smallest absolute Gasteiger partial charge is 0.234 e. The Morgan fingerprint density at radius 3 is 2.32 bits per heavy atom. The van der Waals surface area contributed by atoms with Crippen LogP contribution in [0.15, 0.2) is 95.6 Å². The van der Waals surface area contributed by atoms with Gasteiger partial charge in [0.05, 0.1) is 17.1 Å². The highest BCUT2D eigenvalue weighted by Gasteiger charge is 2.35. The molecule has 1 atom stereocenters. The zero-order valence-electron chi connectivity index (χ0n) is 16.7. The standard InChI is InChI=1S/C25H20BrN3OS/c26-20-13-11-19(12-14-20)24-22(16-29(27-24)21-9-5-2-6-10-21)25-28(23(30)17-31-25)15-18-7-3-1-4-8-18/h1-14,16,25H,15,17H2. The molecule has 4 nitrogen and oxygen atoms in total. The number of amides is 1. The summed E-state index contributed by atoms with van der Waals surface area (Å²) in [4.78, 5) is 14.8. The molecule has 1 fully saturated rings. The van der Waals surface area contributed by atoms with Crippen LogP contribution in [0.25, 0.3) is 16.9 Å². The Balaban J connectivity index is 1.58. The predicted molar refractivity (Wildman–Crippen MR) is 129 cm³/mol. The van der Waals surface area contributed by atoms with Crippen molar-refractivity contribution in [3.63, 3.8) is 0 Å². The Bertz CT molecular complexity index is 1190. The van der Waals surface area contributed by atoms with Crippen LogP contribution in [0.4, 0.5) is 0 Å². The second-order valence-corrected chi connectivity index (χ2v) is 9.37. The highest BCUT2D eigenvalue weighted by Crippen LogP contribution is 2.43. The first-order valence-corrected chi connectivity index (χ1v) is 11.9. The lowest BCUT2D eigenvalue weighted by atomic mass is 10.1. The van der Waals surface area contributed by atoms with Gasteiger partial charge >= 0.3 is 0 Å². The molecule has 3 aromatic carbocycles. The third-order valence-corrected chi connectivity index (χ3v) is 7.08. The van der Waals surface area contributed by atoms with E-state index in [0.717, 1.165) is 32.5 Å². The topological polar surface area (TPSA) is 38.1 Å². The first kappa shape index (κ1) is 20.1. The largest absolute Gasteiger partial charge is 0.321 e.